The quantitative estimate of drug-likeness (QED) is 0.183. The SMILES string of the molecule is COc1ccccc1OCC(=O)N/N=C/c1ccc(OC(=O)/C=C/c2ccccc2)cc1. The highest BCUT2D eigenvalue weighted by Gasteiger charge is 2.06. The maximum Gasteiger partial charge on any atom is 0.336 e. The summed E-state index contributed by atoms with van der Waals surface area (Å²) in [7, 11) is 1.53. The molecule has 0 heterocycles. The van der Waals surface area contributed by atoms with E-state index >= 15 is 0 Å². The zero-order chi connectivity index (χ0) is 22.6. The third-order valence-electron chi connectivity index (χ3n) is 4.14. The number of esters is 1. The molecule has 3 rings (SSSR count). The minimum absolute atomic E-state index is 0.205. The Hall–Kier alpha value is -4.39. The summed E-state index contributed by atoms with van der Waals surface area (Å²) in [4.78, 5) is 23.8. The predicted octanol–water partition coefficient (Wildman–Crippen LogP) is 3.84. The van der Waals surface area contributed by atoms with E-state index in [1.54, 1.807) is 48.5 Å². The first-order chi connectivity index (χ1) is 15.6. The molecule has 0 aliphatic carbocycles. The van der Waals surface area contributed by atoms with E-state index in [9.17, 15) is 9.59 Å². The van der Waals surface area contributed by atoms with Crippen LogP contribution in [-0.2, 0) is 9.59 Å². The Balaban J connectivity index is 1.44. The van der Waals surface area contributed by atoms with Crippen molar-refractivity contribution in [3.63, 3.8) is 0 Å². The average molecular weight is 430 g/mol. The number of carbonyl (C=O) groups excluding carboxylic acids is 2. The van der Waals surface area contributed by atoms with Gasteiger partial charge in [-0.15, -0.1) is 0 Å². The Kier molecular flexibility index (Phi) is 8.16. The van der Waals surface area contributed by atoms with Gasteiger partial charge in [-0.25, -0.2) is 10.2 Å². The van der Waals surface area contributed by atoms with Crippen LogP contribution in [0.5, 0.6) is 17.2 Å². The van der Waals surface area contributed by atoms with Crippen LogP contribution in [0.1, 0.15) is 11.1 Å². The van der Waals surface area contributed by atoms with Gasteiger partial charge in [0.25, 0.3) is 5.91 Å². The number of methoxy groups -OCH3 is 1. The normalized spacial score (nSPS) is 10.8. The number of nitrogens with one attached hydrogen (secondary N) is 1. The average Bonchev–Trinajstić information content (AvgIpc) is 2.83. The number of para-hydroxylation sites is 2. The van der Waals surface area contributed by atoms with Crippen LogP contribution in [0.4, 0.5) is 0 Å². The van der Waals surface area contributed by atoms with Crippen molar-refractivity contribution >= 4 is 24.2 Å². The summed E-state index contributed by atoms with van der Waals surface area (Å²) in [5.41, 5.74) is 4.01. The van der Waals surface area contributed by atoms with Gasteiger partial charge in [-0.2, -0.15) is 5.10 Å². The van der Waals surface area contributed by atoms with E-state index in [0.29, 0.717) is 17.2 Å². The Morgan fingerprint density at radius 2 is 1.56 bits per heavy atom. The van der Waals surface area contributed by atoms with Gasteiger partial charge in [0.05, 0.1) is 13.3 Å². The van der Waals surface area contributed by atoms with E-state index in [4.69, 9.17) is 14.2 Å². The Morgan fingerprint density at radius 3 is 2.28 bits per heavy atom. The molecule has 7 heteroatoms. The predicted molar refractivity (Wildman–Crippen MR) is 122 cm³/mol. The molecule has 0 unspecified atom stereocenters. The highest BCUT2D eigenvalue weighted by atomic mass is 16.5. The smallest absolute Gasteiger partial charge is 0.336 e. The van der Waals surface area contributed by atoms with Crippen LogP contribution >= 0.6 is 0 Å². The lowest BCUT2D eigenvalue weighted by Crippen LogP contribution is -2.24. The molecule has 3 aromatic carbocycles. The first kappa shape index (κ1) is 22.3. The summed E-state index contributed by atoms with van der Waals surface area (Å²) >= 11 is 0. The maximum atomic E-state index is 11.9. The molecule has 162 valence electrons. The van der Waals surface area contributed by atoms with Gasteiger partial charge in [0, 0.05) is 6.08 Å². The molecule has 0 atom stereocenters. The number of rotatable bonds is 9. The van der Waals surface area contributed by atoms with Crippen molar-refractivity contribution in [1.29, 1.82) is 0 Å². The highest BCUT2D eigenvalue weighted by Crippen LogP contribution is 2.25. The second kappa shape index (κ2) is 11.7. The van der Waals surface area contributed by atoms with Gasteiger partial charge < -0.3 is 14.2 Å². The van der Waals surface area contributed by atoms with Gasteiger partial charge in [0.2, 0.25) is 0 Å². The largest absolute Gasteiger partial charge is 0.493 e. The fourth-order valence-electron chi connectivity index (χ4n) is 2.59. The lowest BCUT2D eigenvalue weighted by molar-refractivity contribution is -0.129. The second-order valence-electron chi connectivity index (χ2n) is 6.47. The third kappa shape index (κ3) is 7.14. The van der Waals surface area contributed by atoms with Crippen molar-refractivity contribution in [2.45, 2.75) is 0 Å². The third-order valence-corrected chi connectivity index (χ3v) is 4.14. The van der Waals surface area contributed by atoms with E-state index in [1.807, 2.05) is 36.4 Å². The summed E-state index contributed by atoms with van der Waals surface area (Å²) in [5.74, 6) is 0.526. The van der Waals surface area contributed by atoms with Gasteiger partial charge in [0.15, 0.2) is 18.1 Å². The maximum absolute atomic E-state index is 11.9. The van der Waals surface area contributed by atoms with Crippen molar-refractivity contribution in [2.75, 3.05) is 13.7 Å². The standard InChI is InChI=1S/C25H22N2O5/c1-30-22-9-5-6-10-23(22)31-18-24(28)27-26-17-20-11-14-21(15-12-20)32-25(29)16-13-19-7-3-2-4-8-19/h2-17H,18H2,1H3,(H,27,28)/b16-13+,26-17+. The van der Waals surface area contributed by atoms with Gasteiger partial charge in [-0.1, -0.05) is 42.5 Å². The first-order valence-electron chi connectivity index (χ1n) is 9.77. The number of amides is 1. The molecule has 0 bridgehead atoms. The number of hydrogen-bond acceptors (Lipinski definition) is 6. The number of benzene rings is 3. The first-order valence-corrected chi connectivity index (χ1v) is 9.77. The van der Waals surface area contributed by atoms with Crippen LogP contribution in [0.25, 0.3) is 6.08 Å². The Morgan fingerprint density at radius 1 is 0.875 bits per heavy atom. The van der Waals surface area contributed by atoms with E-state index in [-0.39, 0.29) is 6.61 Å². The number of hydrogen-bond donors (Lipinski definition) is 1. The lowest BCUT2D eigenvalue weighted by Gasteiger charge is -2.09. The van der Waals surface area contributed by atoms with Crippen molar-refractivity contribution in [1.82, 2.24) is 5.43 Å². The Bertz CT molecular complexity index is 1090. The zero-order valence-electron chi connectivity index (χ0n) is 17.4. The Labute approximate surface area is 185 Å². The molecular weight excluding hydrogens is 408 g/mol. The molecule has 1 N–H and O–H groups in total. The second-order valence-corrected chi connectivity index (χ2v) is 6.47. The summed E-state index contributed by atoms with van der Waals surface area (Å²) in [5, 5.41) is 3.90. The molecule has 1 amide bonds. The minimum Gasteiger partial charge on any atom is -0.493 e. The molecule has 0 saturated carbocycles. The van der Waals surface area contributed by atoms with Crippen LogP contribution < -0.4 is 19.6 Å². The van der Waals surface area contributed by atoms with E-state index < -0.39 is 11.9 Å². The number of hydrazone groups is 1. The highest BCUT2D eigenvalue weighted by molar-refractivity contribution is 5.89. The molecule has 0 fully saturated rings. The molecule has 0 aromatic heterocycles. The molecule has 32 heavy (non-hydrogen) atoms. The lowest BCUT2D eigenvalue weighted by atomic mass is 10.2. The molecule has 7 nitrogen and oxygen atoms in total. The minimum atomic E-state index is -0.474. The molecular formula is C25H22N2O5. The summed E-state index contributed by atoms with van der Waals surface area (Å²) in [6.07, 6.45) is 4.53. The van der Waals surface area contributed by atoms with E-state index in [1.165, 1.54) is 19.4 Å². The van der Waals surface area contributed by atoms with Crippen molar-refractivity contribution < 1.29 is 23.8 Å². The van der Waals surface area contributed by atoms with Crippen molar-refractivity contribution in [3.8, 4) is 17.2 Å². The van der Waals surface area contributed by atoms with Crippen molar-refractivity contribution in [3.05, 3.63) is 96.1 Å². The molecule has 0 saturated heterocycles. The van der Waals surface area contributed by atoms with Crippen molar-refractivity contribution in [2.24, 2.45) is 5.10 Å². The van der Waals surface area contributed by atoms with Crippen LogP contribution in [-0.4, -0.2) is 31.8 Å². The summed E-state index contributed by atoms with van der Waals surface area (Å²) < 4.78 is 15.9. The number of nitrogens with zero attached hydrogens (tertiary/aromatic N) is 1. The van der Waals surface area contributed by atoms with E-state index in [2.05, 4.69) is 10.5 Å². The molecule has 0 aliphatic heterocycles. The summed E-state index contributed by atoms with van der Waals surface area (Å²) in [6.45, 7) is -0.205. The van der Waals surface area contributed by atoms with Crippen LogP contribution in [0.15, 0.2) is 90.0 Å². The summed E-state index contributed by atoms with van der Waals surface area (Å²) in [6, 6.07) is 23.2. The van der Waals surface area contributed by atoms with Gasteiger partial charge in [0.1, 0.15) is 5.75 Å². The monoisotopic (exact) mass is 430 g/mol. The van der Waals surface area contributed by atoms with Crippen LogP contribution in [0, 0.1) is 0 Å². The fourth-order valence-corrected chi connectivity index (χ4v) is 2.59. The van der Waals surface area contributed by atoms with Crippen LogP contribution in [0.2, 0.25) is 0 Å². The molecule has 0 radical (unpaired) electrons. The molecule has 3 aromatic rings. The van der Waals surface area contributed by atoms with E-state index in [0.717, 1.165) is 11.1 Å². The van der Waals surface area contributed by atoms with Crippen LogP contribution in [0.3, 0.4) is 0 Å². The number of carbonyl (C=O) groups is 2. The van der Waals surface area contributed by atoms with Gasteiger partial charge >= 0.3 is 5.97 Å². The topological polar surface area (TPSA) is 86.2 Å². The molecule has 0 spiro atoms. The van der Waals surface area contributed by atoms with Gasteiger partial charge in [-0.05, 0) is 53.6 Å². The fraction of sp³-hybridized carbons (Fsp3) is 0.0800. The molecule has 0 aliphatic rings. The zero-order valence-corrected chi connectivity index (χ0v) is 17.4. The number of ether oxygens (including phenoxy) is 3. The van der Waals surface area contributed by atoms with Gasteiger partial charge in [-0.3, -0.25) is 4.79 Å².